The van der Waals surface area contributed by atoms with Crippen LogP contribution in [0.25, 0.3) is 0 Å². The smallest absolute Gasteiger partial charge is 0.136 e. The molecule has 17 heavy (non-hydrogen) atoms. The standard InChI is InChI=1S/C13H22N2OS/c16-13-9-11-1-2-12(10-13)15(11)4-3-14-5-7-17-8-6-14/h11-12H,1-10H2. The molecule has 96 valence electrons. The summed E-state index contributed by atoms with van der Waals surface area (Å²) >= 11 is 2.07. The quantitative estimate of drug-likeness (QED) is 0.756. The fourth-order valence-electron chi connectivity index (χ4n) is 3.51. The highest BCUT2D eigenvalue weighted by atomic mass is 32.2. The molecule has 0 aromatic rings. The van der Waals surface area contributed by atoms with Gasteiger partial charge in [0, 0.05) is 62.6 Å². The third kappa shape index (κ3) is 2.69. The predicted molar refractivity (Wildman–Crippen MR) is 71.5 cm³/mol. The van der Waals surface area contributed by atoms with Gasteiger partial charge in [0.1, 0.15) is 5.78 Å². The number of thioether (sulfide) groups is 1. The topological polar surface area (TPSA) is 23.6 Å². The van der Waals surface area contributed by atoms with Crippen molar-refractivity contribution in [1.29, 1.82) is 0 Å². The Labute approximate surface area is 108 Å². The molecule has 0 radical (unpaired) electrons. The highest BCUT2D eigenvalue weighted by molar-refractivity contribution is 7.99. The lowest BCUT2D eigenvalue weighted by Crippen LogP contribution is -2.47. The average molecular weight is 254 g/mol. The molecule has 4 heteroatoms. The molecule has 2 bridgehead atoms. The van der Waals surface area contributed by atoms with Crippen molar-refractivity contribution in [1.82, 2.24) is 9.80 Å². The zero-order valence-electron chi connectivity index (χ0n) is 10.4. The predicted octanol–water partition coefficient (Wildman–Crippen LogP) is 1.23. The average Bonchev–Trinajstić information content (AvgIpc) is 2.59. The summed E-state index contributed by atoms with van der Waals surface area (Å²) < 4.78 is 0. The largest absolute Gasteiger partial charge is 0.300 e. The van der Waals surface area contributed by atoms with Crippen LogP contribution in [0.2, 0.25) is 0 Å². The van der Waals surface area contributed by atoms with Crippen LogP contribution in [-0.2, 0) is 4.79 Å². The van der Waals surface area contributed by atoms with Gasteiger partial charge in [-0.3, -0.25) is 9.69 Å². The van der Waals surface area contributed by atoms with Crippen LogP contribution in [0.3, 0.4) is 0 Å². The molecule has 0 saturated carbocycles. The SMILES string of the molecule is O=C1CC2CCC(C1)N2CCN1CCSCC1. The van der Waals surface area contributed by atoms with E-state index in [4.69, 9.17) is 0 Å². The Morgan fingerprint density at radius 2 is 1.71 bits per heavy atom. The van der Waals surface area contributed by atoms with E-state index < -0.39 is 0 Å². The van der Waals surface area contributed by atoms with Gasteiger partial charge in [0.05, 0.1) is 0 Å². The maximum atomic E-state index is 11.5. The summed E-state index contributed by atoms with van der Waals surface area (Å²) in [5.74, 6) is 3.10. The van der Waals surface area contributed by atoms with Crippen molar-refractivity contribution in [3.05, 3.63) is 0 Å². The van der Waals surface area contributed by atoms with E-state index in [9.17, 15) is 4.79 Å². The second-order valence-electron chi connectivity index (χ2n) is 5.52. The molecular weight excluding hydrogens is 232 g/mol. The van der Waals surface area contributed by atoms with Gasteiger partial charge in [0.15, 0.2) is 0 Å². The summed E-state index contributed by atoms with van der Waals surface area (Å²) in [6.45, 7) is 4.91. The van der Waals surface area contributed by atoms with E-state index in [-0.39, 0.29) is 0 Å². The maximum Gasteiger partial charge on any atom is 0.136 e. The molecule has 2 atom stereocenters. The van der Waals surface area contributed by atoms with Gasteiger partial charge in [-0.1, -0.05) is 0 Å². The van der Waals surface area contributed by atoms with E-state index in [1.807, 2.05) is 0 Å². The lowest BCUT2D eigenvalue weighted by Gasteiger charge is -2.36. The van der Waals surface area contributed by atoms with Crippen molar-refractivity contribution in [3.63, 3.8) is 0 Å². The van der Waals surface area contributed by atoms with Crippen LogP contribution < -0.4 is 0 Å². The monoisotopic (exact) mass is 254 g/mol. The van der Waals surface area contributed by atoms with Gasteiger partial charge in [-0.05, 0) is 12.8 Å². The first kappa shape index (κ1) is 12.0. The molecule has 3 aliphatic heterocycles. The van der Waals surface area contributed by atoms with Gasteiger partial charge < -0.3 is 4.90 Å². The minimum absolute atomic E-state index is 0.503. The lowest BCUT2D eigenvalue weighted by atomic mass is 10.0. The second kappa shape index (κ2) is 5.29. The minimum Gasteiger partial charge on any atom is -0.300 e. The summed E-state index contributed by atoms with van der Waals surface area (Å²) in [7, 11) is 0. The van der Waals surface area contributed by atoms with Gasteiger partial charge in [0.2, 0.25) is 0 Å². The number of piperidine rings is 1. The molecule has 0 spiro atoms. The van der Waals surface area contributed by atoms with Crippen LogP contribution in [0.15, 0.2) is 0 Å². The van der Waals surface area contributed by atoms with E-state index in [0.29, 0.717) is 17.9 Å². The Morgan fingerprint density at radius 1 is 1.06 bits per heavy atom. The number of Topliss-reactive ketones (excluding diaryl/α,β-unsaturated/α-hetero) is 1. The third-order valence-electron chi connectivity index (χ3n) is 4.48. The van der Waals surface area contributed by atoms with Crippen LogP contribution >= 0.6 is 11.8 Å². The van der Waals surface area contributed by atoms with Crippen molar-refractivity contribution >= 4 is 17.5 Å². The summed E-state index contributed by atoms with van der Waals surface area (Å²) in [5, 5.41) is 0. The molecule has 0 aliphatic carbocycles. The van der Waals surface area contributed by atoms with E-state index in [1.165, 1.54) is 50.5 Å². The van der Waals surface area contributed by atoms with Gasteiger partial charge in [-0.25, -0.2) is 0 Å². The zero-order chi connectivity index (χ0) is 11.7. The van der Waals surface area contributed by atoms with E-state index in [1.54, 1.807) is 0 Å². The first-order valence-corrected chi connectivity index (χ1v) is 8.06. The van der Waals surface area contributed by atoms with Crippen molar-refractivity contribution in [3.8, 4) is 0 Å². The molecular formula is C13H22N2OS. The van der Waals surface area contributed by atoms with E-state index >= 15 is 0 Å². The fraction of sp³-hybridized carbons (Fsp3) is 0.923. The number of carbonyl (C=O) groups is 1. The highest BCUT2D eigenvalue weighted by Gasteiger charge is 2.39. The number of hydrogen-bond acceptors (Lipinski definition) is 4. The minimum atomic E-state index is 0.503. The number of nitrogens with zero attached hydrogens (tertiary/aromatic N) is 2. The molecule has 3 saturated heterocycles. The Hall–Kier alpha value is -0.0600. The molecule has 3 nitrogen and oxygen atoms in total. The van der Waals surface area contributed by atoms with E-state index in [2.05, 4.69) is 21.6 Å². The first-order chi connectivity index (χ1) is 8.33. The molecule has 3 rings (SSSR count). The summed E-state index contributed by atoms with van der Waals surface area (Å²) in [4.78, 5) is 16.8. The molecule has 3 fully saturated rings. The second-order valence-corrected chi connectivity index (χ2v) is 6.75. The molecule has 3 aliphatic rings. The molecule has 0 N–H and O–H groups in total. The van der Waals surface area contributed by atoms with Crippen LogP contribution in [0.1, 0.15) is 25.7 Å². The van der Waals surface area contributed by atoms with Crippen molar-refractivity contribution in [2.75, 3.05) is 37.7 Å². The Bertz CT molecular complexity index is 275. The Balaban J connectivity index is 1.50. The Kier molecular flexibility index (Phi) is 3.73. The molecule has 0 aromatic heterocycles. The zero-order valence-corrected chi connectivity index (χ0v) is 11.3. The fourth-order valence-corrected chi connectivity index (χ4v) is 4.49. The van der Waals surface area contributed by atoms with Crippen molar-refractivity contribution in [2.24, 2.45) is 0 Å². The van der Waals surface area contributed by atoms with Crippen molar-refractivity contribution < 1.29 is 4.79 Å². The molecule has 2 unspecified atom stereocenters. The van der Waals surface area contributed by atoms with Crippen LogP contribution in [0.5, 0.6) is 0 Å². The number of ketones is 1. The summed E-state index contributed by atoms with van der Waals surface area (Å²) in [6, 6.07) is 1.17. The summed E-state index contributed by atoms with van der Waals surface area (Å²) in [5.41, 5.74) is 0. The van der Waals surface area contributed by atoms with Crippen LogP contribution in [0, 0.1) is 0 Å². The van der Waals surface area contributed by atoms with Gasteiger partial charge in [-0.2, -0.15) is 11.8 Å². The van der Waals surface area contributed by atoms with Crippen LogP contribution in [-0.4, -0.2) is 65.4 Å². The first-order valence-electron chi connectivity index (χ1n) is 6.90. The third-order valence-corrected chi connectivity index (χ3v) is 5.42. The molecule has 0 aromatic carbocycles. The number of rotatable bonds is 3. The normalized spacial score (nSPS) is 35.4. The van der Waals surface area contributed by atoms with Gasteiger partial charge in [-0.15, -0.1) is 0 Å². The number of fused-ring (bicyclic) bond motifs is 2. The van der Waals surface area contributed by atoms with Gasteiger partial charge >= 0.3 is 0 Å². The Morgan fingerprint density at radius 3 is 2.35 bits per heavy atom. The molecule has 3 heterocycles. The lowest BCUT2D eigenvalue weighted by molar-refractivity contribution is -0.123. The number of carbonyl (C=O) groups excluding carboxylic acids is 1. The van der Waals surface area contributed by atoms with E-state index in [0.717, 1.165) is 12.8 Å². The maximum absolute atomic E-state index is 11.5. The molecule has 0 amide bonds. The van der Waals surface area contributed by atoms with Gasteiger partial charge in [0.25, 0.3) is 0 Å². The number of hydrogen-bond donors (Lipinski definition) is 0. The highest BCUT2D eigenvalue weighted by Crippen LogP contribution is 2.33. The summed E-state index contributed by atoms with van der Waals surface area (Å²) in [6.07, 6.45) is 4.16. The van der Waals surface area contributed by atoms with Crippen LogP contribution in [0.4, 0.5) is 0 Å². The van der Waals surface area contributed by atoms with Crippen molar-refractivity contribution in [2.45, 2.75) is 37.8 Å².